The summed E-state index contributed by atoms with van der Waals surface area (Å²) in [5.74, 6) is 0. The lowest BCUT2D eigenvalue weighted by atomic mass is 10.3. The molecule has 0 saturated heterocycles. The summed E-state index contributed by atoms with van der Waals surface area (Å²) in [4.78, 5) is 0. The van der Waals surface area contributed by atoms with Crippen molar-refractivity contribution < 1.29 is 9.22 Å². The van der Waals surface area contributed by atoms with Crippen molar-refractivity contribution in [1.29, 1.82) is 0 Å². The van der Waals surface area contributed by atoms with E-state index in [9.17, 15) is 0 Å². The van der Waals surface area contributed by atoms with Gasteiger partial charge < -0.3 is 9.22 Å². The molecule has 0 spiro atoms. The minimum atomic E-state index is 0.676. The van der Waals surface area contributed by atoms with Crippen LogP contribution in [-0.2, 0) is 4.74 Å². The van der Waals surface area contributed by atoms with E-state index >= 15 is 0 Å². The molecule has 0 bridgehead atoms. The summed E-state index contributed by atoms with van der Waals surface area (Å²) in [6.07, 6.45) is 0. The van der Waals surface area contributed by atoms with Crippen molar-refractivity contribution in [2.24, 2.45) is 0 Å². The van der Waals surface area contributed by atoms with E-state index in [2.05, 4.69) is 27.9 Å². The molecule has 0 amide bonds. The lowest BCUT2D eigenvalue weighted by Gasteiger charge is -2.33. The zero-order valence-electron chi connectivity index (χ0n) is 7.85. The molecule has 0 N–H and O–H groups in total. The molecule has 2 heteroatoms. The molecular weight excluding hydrogens is 126 g/mol. The van der Waals surface area contributed by atoms with Crippen LogP contribution in [0, 0.1) is 0 Å². The van der Waals surface area contributed by atoms with E-state index in [1.54, 1.807) is 7.11 Å². The quantitative estimate of drug-likeness (QED) is 0.540. The third kappa shape index (κ3) is 3.18. The molecule has 0 aromatic rings. The van der Waals surface area contributed by atoms with E-state index in [-0.39, 0.29) is 0 Å². The molecule has 0 aromatic carbocycles. The number of hydrogen-bond donors (Lipinski definition) is 0. The Kier molecular flexibility index (Phi) is 3.91. The molecule has 0 saturated carbocycles. The molecule has 62 valence electrons. The summed E-state index contributed by atoms with van der Waals surface area (Å²) >= 11 is 0. The number of nitrogens with zero attached hydrogens (tertiary/aromatic N) is 1. The Balaban J connectivity index is 3.63. The fourth-order valence-corrected chi connectivity index (χ4v) is 0.585. The SMILES string of the molecule is COCC[N+](C)(C)C(C)C. The summed E-state index contributed by atoms with van der Waals surface area (Å²) in [6, 6.07) is 0.676. The first kappa shape index (κ1) is 9.92. The molecule has 0 aliphatic carbocycles. The maximum atomic E-state index is 5.01. The highest BCUT2D eigenvalue weighted by atomic mass is 16.5. The van der Waals surface area contributed by atoms with Gasteiger partial charge in [-0.05, 0) is 13.8 Å². The van der Waals surface area contributed by atoms with Crippen molar-refractivity contribution in [3.8, 4) is 0 Å². The normalized spacial score (nSPS) is 12.6. The average molecular weight is 146 g/mol. The smallest absolute Gasteiger partial charge is 0.102 e. The van der Waals surface area contributed by atoms with Gasteiger partial charge in [0, 0.05) is 7.11 Å². The summed E-state index contributed by atoms with van der Waals surface area (Å²) in [5, 5.41) is 0. The number of rotatable bonds is 4. The maximum Gasteiger partial charge on any atom is 0.102 e. The molecule has 2 nitrogen and oxygen atoms in total. The van der Waals surface area contributed by atoms with Gasteiger partial charge in [-0.15, -0.1) is 0 Å². The van der Waals surface area contributed by atoms with E-state index < -0.39 is 0 Å². The Labute approximate surface area is 64.4 Å². The largest absolute Gasteiger partial charge is 0.379 e. The number of likely N-dealkylation sites (N-methyl/N-ethyl adjacent to an activating group) is 1. The summed E-state index contributed by atoms with van der Waals surface area (Å²) < 4.78 is 6.05. The highest BCUT2D eigenvalue weighted by molar-refractivity contribution is 4.39. The number of hydrogen-bond acceptors (Lipinski definition) is 1. The van der Waals surface area contributed by atoms with Crippen LogP contribution >= 0.6 is 0 Å². The highest BCUT2D eigenvalue weighted by Crippen LogP contribution is 2.03. The summed E-state index contributed by atoms with van der Waals surface area (Å²) in [7, 11) is 6.20. The molecule has 0 aliphatic heterocycles. The van der Waals surface area contributed by atoms with Crippen molar-refractivity contribution in [2.45, 2.75) is 19.9 Å². The van der Waals surface area contributed by atoms with E-state index in [1.165, 1.54) is 0 Å². The van der Waals surface area contributed by atoms with Gasteiger partial charge in [0.25, 0.3) is 0 Å². The van der Waals surface area contributed by atoms with Gasteiger partial charge in [0.15, 0.2) is 0 Å². The molecule has 0 atom stereocenters. The van der Waals surface area contributed by atoms with E-state index in [4.69, 9.17) is 4.74 Å². The lowest BCUT2D eigenvalue weighted by Crippen LogP contribution is -2.47. The maximum absolute atomic E-state index is 5.01. The van der Waals surface area contributed by atoms with Crippen molar-refractivity contribution in [3.05, 3.63) is 0 Å². The number of ether oxygens (including phenoxy) is 1. The Hall–Kier alpha value is -0.0800. The second-order valence-electron chi connectivity index (χ2n) is 3.59. The lowest BCUT2D eigenvalue weighted by molar-refractivity contribution is -0.911. The van der Waals surface area contributed by atoms with Crippen molar-refractivity contribution in [1.82, 2.24) is 0 Å². The van der Waals surface area contributed by atoms with Crippen molar-refractivity contribution >= 4 is 0 Å². The Morgan fingerprint density at radius 3 is 2.10 bits per heavy atom. The van der Waals surface area contributed by atoms with Gasteiger partial charge in [-0.1, -0.05) is 0 Å². The zero-order chi connectivity index (χ0) is 8.20. The van der Waals surface area contributed by atoms with Gasteiger partial charge in [-0.3, -0.25) is 0 Å². The van der Waals surface area contributed by atoms with Crippen LogP contribution in [0.3, 0.4) is 0 Å². The van der Waals surface area contributed by atoms with Crippen LogP contribution in [0.1, 0.15) is 13.8 Å². The monoisotopic (exact) mass is 146 g/mol. The van der Waals surface area contributed by atoms with Crippen LogP contribution in [0.25, 0.3) is 0 Å². The van der Waals surface area contributed by atoms with Crippen LogP contribution < -0.4 is 0 Å². The third-order valence-corrected chi connectivity index (χ3v) is 2.27. The van der Waals surface area contributed by atoms with Gasteiger partial charge in [0.1, 0.15) is 6.54 Å². The zero-order valence-corrected chi connectivity index (χ0v) is 7.85. The van der Waals surface area contributed by atoms with Crippen molar-refractivity contribution in [3.63, 3.8) is 0 Å². The second-order valence-corrected chi connectivity index (χ2v) is 3.59. The van der Waals surface area contributed by atoms with Crippen LogP contribution in [0.15, 0.2) is 0 Å². The molecule has 10 heavy (non-hydrogen) atoms. The Morgan fingerprint density at radius 1 is 1.30 bits per heavy atom. The molecule has 0 heterocycles. The topological polar surface area (TPSA) is 9.23 Å². The first-order chi connectivity index (χ1) is 4.50. The molecule has 0 fully saturated rings. The van der Waals surface area contributed by atoms with E-state index in [0.29, 0.717) is 6.04 Å². The number of quaternary nitrogens is 1. The summed E-state index contributed by atoms with van der Waals surface area (Å²) in [6.45, 7) is 6.41. The highest BCUT2D eigenvalue weighted by Gasteiger charge is 2.18. The Morgan fingerprint density at radius 2 is 1.80 bits per heavy atom. The molecule has 0 unspecified atom stereocenters. The second kappa shape index (κ2) is 3.94. The third-order valence-electron chi connectivity index (χ3n) is 2.27. The van der Waals surface area contributed by atoms with Gasteiger partial charge >= 0.3 is 0 Å². The molecular formula is C8H20NO+. The first-order valence-corrected chi connectivity index (χ1v) is 3.82. The van der Waals surface area contributed by atoms with Crippen LogP contribution in [0.5, 0.6) is 0 Å². The van der Waals surface area contributed by atoms with Crippen molar-refractivity contribution in [2.75, 3.05) is 34.4 Å². The first-order valence-electron chi connectivity index (χ1n) is 3.82. The van der Waals surface area contributed by atoms with Crippen LogP contribution in [-0.4, -0.2) is 44.9 Å². The van der Waals surface area contributed by atoms with Crippen LogP contribution in [0.2, 0.25) is 0 Å². The van der Waals surface area contributed by atoms with Gasteiger partial charge in [0.2, 0.25) is 0 Å². The van der Waals surface area contributed by atoms with Crippen LogP contribution in [0.4, 0.5) is 0 Å². The fraction of sp³-hybridized carbons (Fsp3) is 1.00. The van der Waals surface area contributed by atoms with Gasteiger partial charge in [0.05, 0.1) is 26.7 Å². The molecule has 0 aromatic heterocycles. The minimum Gasteiger partial charge on any atom is -0.379 e. The standard InChI is InChI=1S/C8H20NO/c1-8(2)9(3,4)6-7-10-5/h8H,6-7H2,1-5H3/q+1. The van der Waals surface area contributed by atoms with E-state index in [1.807, 2.05) is 0 Å². The predicted molar refractivity (Wildman–Crippen MR) is 44.0 cm³/mol. The van der Waals surface area contributed by atoms with E-state index in [0.717, 1.165) is 17.6 Å². The average Bonchev–Trinajstić information content (AvgIpc) is 1.84. The van der Waals surface area contributed by atoms with Gasteiger partial charge in [-0.2, -0.15) is 0 Å². The number of methoxy groups -OCH3 is 1. The predicted octanol–water partition coefficient (Wildman–Crippen LogP) is 1.12. The molecule has 0 radical (unpaired) electrons. The summed E-state index contributed by atoms with van der Waals surface area (Å²) in [5.41, 5.74) is 0. The molecule has 0 rings (SSSR count). The van der Waals surface area contributed by atoms with Gasteiger partial charge in [-0.25, -0.2) is 0 Å². The minimum absolute atomic E-state index is 0.676. The fourth-order valence-electron chi connectivity index (χ4n) is 0.585. The Bertz CT molecular complexity index is 89.3. The molecule has 0 aliphatic rings.